The van der Waals surface area contributed by atoms with Gasteiger partial charge in [0.15, 0.2) is 0 Å². The van der Waals surface area contributed by atoms with E-state index in [-0.39, 0.29) is 5.41 Å². The van der Waals surface area contributed by atoms with E-state index in [4.69, 9.17) is 4.74 Å². The van der Waals surface area contributed by atoms with Crippen molar-refractivity contribution < 1.29 is 4.74 Å². The molecule has 0 amide bonds. The molecule has 0 saturated carbocycles. The van der Waals surface area contributed by atoms with Crippen LogP contribution in [-0.4, -0.2) is 47.7 Å². The van der Waals surface area contributed by atoms with E-state index in [1.807, 2.05) is 0 Å². The Labute approximate surface area is 218 Å². The van der Waals surface area contributed by atoms with Gasteiger partial charge in [-0.3, -0.25) is 9.80 Å². The van der Waals surface area contributed by atoms with Crippen molar-refractivity contribution in [2.24, 2.45) is 5.92 Å². The molecule has 0 N–H and O–H groups in total. The van der Waals surface area contributed by atoms with Crippen LogP contribution in [0.15, 0.2) is 36.4 Å². The van der Waals surface area contributed by atoms with Gasteiger partial charge in [0.2, 0.25) is 0 Å². The molecule has 0 saturated heterocycles. The molecule has 0 bridgehead atoms. The maximum atomic E-state index is 6.10. The van der Waals surface area contributed by atoms with Gasteiger partial charge >= 0.3 is 0 Å². The second-order valence-corrected chi connectivity index (χ2v) is 11.6. The molecule has 3 nitrogen and oxygen atoms in total. The van der Waals surface area contributed by atoms with Crippen molar-refractivity contribution in [1.29, 1.82) is 0 Å². The Bertz CT molecular complexity index is 892. The van der Waals surface area contributed by atoms with Crippen LogP contribution in [0.25, 0.3) is 0 Å². The molecule has 0 aliphatic carbocycles. The molecule has 0 aromatic heterocycles. The fourth-order valence-corrected chi connectivity index (χ4v) is 6.02. The lowest BCUT2D eigenvalue weighted by atomic mass is 9.70. The summed E-state index contributed by atoms with van der Waals surface area (Å²) in [7, 11) is 0. The molecule has 1 unspecified atom stereocenters. The van der Waals surface area contributed by atoms with Crippen LogP contribution in [0.2, 0.25) is 0 Å². The van der Waals surface area contributed by atoms with E-state index in [0.29, 0.717) is 12.6 Å². The van der Waals surface area contributed by atoms with Crippen molar-refractivity contribution in [1.82, 2.24) is 9.80 Å². The van der Waals surface area contributed by atoms with Gasteiger partial charge in [-0.1, -0.05) is 45.0 Å². The third-order valence-electron chi connectivity index (χ3n) is 7.51. The second-order valence-electron chi connectivity index (χ2n) is 10.7. The van der Waals surface area contributed by atoms with E-state index in [2.05, 4.69) is 92.2 Å². The van der Waals surface area contributed by atoms with Gasteiger partial charge in [-0.25, -0.2) is 0 Å². The molecule has 34 heavy (non-hydrogen) atoms. The fraction of sp³-hybridized carbons (Fsp3) is 0.586. The summed E-state index contributed by atoms with van der Waals surface area (Å²) in [6, 6.07) is 14.3. The van der Waals surface area contributed by atoms with Gasteiger partial charge in [0.05, 0.1) is 0 Å². The van der Waals surface area contributed by atoms with Crippen molar-refractivity contribution in [3.05, 3.63) is 64.2 Å². The third-order valence-corrected chi connectivity index (χ3v) is 8.14. The number of nitrogens with zero attached hydrogens (tertiary/aromatic N) is 2. The SMILES string of the molecule is CC(C)CC(C)(c1ccc2c(c1)CN(CCCS)CC2)c1ccc2c(c1)CN(CCCS)CO2. The summed E-state index contributed by atoms with van der Waals surface area (Å²) in [6.07, 6.45) is 4.53. The molecular weight excluding hydrogens is 456 g/mol. The molecular formula is C29H42N2OS2. The number of hydrogen-bond acceptors (Lipinski definition) is 5. The minimum absolute atomic E-state index is 0.0288. The van der Waals surface area contributed by atoms with Gasteiger partial charge < -0.3 is 4.74 Å². The van der Waals surface area contributed by atoms with E-state index in [1.165, 1.54) is 27.8 Å². The zero-order chi connectivity index (χ0) is 24.1. The molecule has 2 aliphatic heterocycles. The van der Waals surface area contributed by atoms with Crippen molar-refractivity contribution in [2.75, 3.05) is 37.9 Å². The van der Waals surface area contributed by atoms with Crippen LogP contribution in [0.4, 0.5) is 0 Å². The number of ether oxygens (including phenoxy) is 1. The topological polar surface area (TPSA) is 15.7 Å². The van der Waals surface area contributed by atoms with Crippen molar-refractivity contribution >= 4 is 25.3 Å². The van der Waals surface area contributed by atoms with Crippen LogP contribution in [0.1, 0.15) is 67.9 Å². The van der Waals surface area contributed by atoms with E-state index in [1.54, 1.807) is 0 Å². The van der Waals surface area contributed by atoms with E-state index < -0.39 is 0 Å². The lowest BCUT2D eigenvalue weighted by Gasteiger charge is -2.36. The number of benzene rings is 2. The minimum atomic E-state index is -0.0288. The predicted molar refractivity (Wildman–Crippen MR) is 151 cm³/mol. The van der Waals surface area contributed by atoms with E-state index in [0.717, 1.165) is 75.7 Å². The molecule has 0 radical (unpaired) electrons. The smallest absolute Gasteiger partial charge is 0.142 e. The van der Waals surface area contributed by atoms with Crippen LogP contribution >= 0.6 is 25.3 Å². The molecule has 2 aromatic carbocycles. The Kier molecular flexibility index (Phi) is 8.95. The molecule has 4 rings (SSSR count). The second kappa shape index (κ2) is 11.7. The van der Waals surface area contributed by atoms with Gasteiger partial charge in [-0.05, 0) is 84.0 Å². The highest BCUT2D eigenvalue weighted by atomic mass is 32.1. The standard InChI is InChI=1S/C29H42N2OS2/c1-22(2)18-29(3,26-7-6-23-10-13-30(11-4-14-33)19-24(23)16-26)27-8-9-28-25(17-27)20-31(21-32-28)12-5-15-34/h6-9,16-17,22,33-34H,4-5,10-15,18-21H2,1-3H3. The molecule has 0 fully saturated rings. The van der Waals surface area contributed by atoms with Gasteiger partial charge in [-0.2, -0.15) is 25.3 Å². The van der Waals surface area contributed by atoms with Gasteiger partial charge in [0, 0.05) is 37.2 Å². The molecule has 186 valence electrons. The van der Waals surface area contributed by atoms with Crippen molar-refractivity contribution in [3.8, 4) is 5.75 Å². The van der Waals surface area contributed by atoms with E-state index in [9.17, 15) is 0 Å². The molecule has 0 spiro atoms. The first-order valence-electron chi connectivity index (χ1n) is 13.0. The summed E-state index contributed by atoms with van der Waals surface area (Å²) in [5, 5.41) is 0. The quantitative estimate of drug-likeness (QED) is 0.380. The predicted octanol–water partition coefficient (Wildman–Crippen LogP) is 6.19. The van der Waals surface area contributed by atoms with Crippen LogP contribution < -0.4 is 4.74 Å². The first-order valence-corrected chi connectivity index (χ1v) is 14.2. The monoisotopic (exact) mass is 498 g/mol. The summed E-state index contributed by atoms with van der Waals surface area (Å²) in [5.74, 6) is 3.53. The maximum Gasteiger partial charge on any atom is 0.142 e. The normalized spacial score (nSPS) is 18.3. The summed E-state index contributed by atoms with van der Waals surface area (Å²) in [6.45, 7) is 13.2. The lowest BCUT2D eigenvalue weighted by molar-refractivity contribution is 0.0957. The highest BCUT2D eigenvalue weighted by molar-refractivity contribution is 7.80. The largest absolute Gasteiger partial charge is 0.478 e. The van der Waals surface area contributed by atoms with Gasteiger partial charge in [0.25, 0.3) is 0 Å². The van der Waals surface area contributed by atoms with Crippen molar-refractivity contribution in [2.45, 2.75) is 65.0 Å². The Hall–Kier alpha value is -1.14. The third kappa shape index (κ3) is 5.98. The molecule has 2 aliphatic rings. The zero-order valence-corrected chi connectivity index (χ0v) is 23.0. The number of rotatable bonds is 10. The lowest BCUT2D eigenvalue weighted by Crippen LogP contribution is -2.34. The van der Waals surface area contributed by atoms with Crippen LogP contribution in [0.5, 0.6) is 5.75 Å². The highest BCUT2D eigenvalue weighted by Gasteiger charge is 2.32. The van der Waals surface area contributed by atoms with Crippen LogP contribution in [0, 0.1) is 5.92 Å². The maximum absolute atomic E-state index is 6.10. The Morgan fingerprint density at radius 3 is 2.24 bits per heavy atom. The summed E-state index contributed by atoms with van der Waals surface area (Å²) < 4.78 is 6.10. The number of hydrogen-bond donors (Lipinski definition) is 2. The van der Waals surface area contributed by atoms with Crippen LogP contribution in [-0.2, 0) is 24.9 Å². The molecule has 5 heteroatoms. The Balaban J connectivity index is 1.64. The summed E-state index contributed by atoms with van der Waals surface area (Å²) in [5.41, 5.74) is 7.17. The first-order chi connectivity index (χ1) is 16.4. The average molecular weight is 499 g/mol. The zero-order valence-electron chi connectivity index (χ0n) is 21.2. The van der Waals surface area contributed by atoms with Crippen molar-refractivity contribution in [3.63, 3.8) is 0 Å². The summed E-state index contributed by atoms with van der Waals surface area (Å²) in [4.78, 5) is 4.98. The average Bonchev–Trinajstić information content (AvgIpc) is 2.84. The minimum Gasteiger partial charge on any atom is -0.478 e. The number of fused-ring (bicyclic) bond motifs is 2. The summed E-state index contributed by atoms with van der Waals surface area (Å²) >= 11 is 8.80. The van der Waals surface area contributed by atoms with Gasteiger partial charge in [-0.15, -0.1) is 0 Å². The fourth-order valence-electron chi connectivity index (χ4n) is 5.74. The molecule has 1 atom stereocenters. The highest BCUT2D eigenvalue weighted by Crippen LogP contribution is 2.41. The number of thiol groups is 2. The molecule has 2 heterocycles. The first kappa shape index (κ1) is 25.9. The molecule has 2 aromatic rings. The van der Waals surface area contributed by atoms with Crippen LogP contribution in [0.3, 0.4) is 0 Å². The van der Waals surface area contributed by atoms with E-state index >= 15 is 0 Å². The van der Waals surface area contributed by atoms with Gasteiger partial charge in [0.1, 0.15) is 12.5 Å². The Morgan fingerprint density at radius 1 is 0.882 bits per heavy atom. The Morgan fingerprint density at radius 2 is 1.53 bits per heavy atom.